The molecule has 2 atom stereocenters. The second-order valence-electron chi connectivity index (χ2n) is 9.72. The number of hydrogen-bond acceptors (Lipinski definition) is 2. The van der Waals surface area contributed by atoms with Crippen LogP contribution in [0.2, 0.25) is 0 Å². The van der Waals surface area contributed by atoms with Crippen LogP contribution >= 0.6 is 0 Å². The van der Waals surface area contributed by atoms with Crippen LogP contribution in [0.1, 0.15) is 44.0 Å². The quantitative estimate of drug-likeness (QED) is 0.780. The molecule has 2 unspecified atom stereocenters. The Morgan fingerprint density at radius 3 is 2.24 bits per heavy atom. The minimum Gasteiger partial charge on any atom is -0.489 e. The molecule has 4 bridgehead atoms. The molecule has 2 aromatic carbocycles. The van der Waals surface area contributed by atoms with Crippen molar-refractivity contribution in [3.8, 4) is 5.75 Å². The molecule has 4 heterocycles. The number of quaternary nitrogens is 2. The summed E-state index contributed by atoms with van der Waals surface area (Å²) in [6.45, 7) is 9.02. The van der Waals surface area contributed by atoms with Crippen molar-refractivity contribution >= 4 is 5.78 Å². The topological polar surface area (TPSA) is 35.2 Å². The lowest BCUT2D eigenvalue weighted by Gasteiger charge is -2.59. The second kappa shape index (κ2) is 6.96. The molecule has 0 saturated carbocycles. The number of carbonyl (C=O) groups is 1. The van der Waals surface area contributed by atoms with Gasteiger partial charge in [0.2, 0.25) is 6.17 Å². The third kappa shape index (κ3) is 3.10. The van der Waals surface area contributed by atoms with E-state index in [2.05, 4.69) is 50.2 Å². The minimum atomic E-state index is -0.133. The molecule has 0 amide bonds. The summed E-state index contributed by atoms with van der Waals surface area (Å²) in [6.07, 6.45) is 2.60. The van der Waals surface area contributed by atoms with Crippen molar-refractivity contribution in [2.75, 3.05) is 26.2 Å². The lowest BCUT2D eigenvalue weighted by atomic mass is 9.59. The van der Waals surface area contributed by atoms with E-state index in [1.165, 1.54) is 11.1 Å². The van der Waals surface area contributed by atoms with Gasteiger partial charge in [0.05, 0.1) is 18.7 Å². The molecule has 0 aliphatic carbocycles. The average molecular weight is 393 g/mol. The van der Waals surface area contributed by atoms with Crippen LogP contribution in [0, 0.1) is 10.8 Å². The van der Waals surface area contributed by atoms with Gasteiger partial charge in [-0.1, -0.05) is 43.7 Å². The minimum absolute atomic E-state index is 0.0834. The number of Topliss-reactive ketones (excluding diaryl/α,β-unsaturated/α-hetero) is 1. The van der Waals surface area contributed by atoms with Crippen molar-refractivity contribution in [3.63, 3.8) is 0 Å². The van der Waals surface area contributed by atoms with Gasteiger partial charge in [0.15, 0.2) is 5.78 Å². The molecule has 6 rings (SSSR count). The maximum absolute atomic E-state index is 13.2. The van der Waals surface area contributed by atoms with Gasteiger partial charge in [-0.25, -0.2) is 0 Å². The number of benzene rings is 2. The molecule has 4 heteroatoms. The summed E-state index contributed by atoms with van der Waals surface area (Å²) in [7, 11) is 0. The number of ether oxygens (including phenoxy) is 1. The van der Waals surface area contributed by atoms with Crippen molar-refractivity contribution in [2.24, 2.45) is 10.8 Å². The lowest BCUT2D eigenvalue weighted by Crippen LogP contribution is -3.41. The normalized spacial score (nSPS) is 35.1. The molecule has 152 valence electrons. The third-order valence-electron chi connectivity index (χ3n) is 7.40. The van der Waals surface area contributed by atoms with Crippen LogP contribution < -0.4 is 14.5 Å². The van der Waals surface area contributed by atoms with Gasteiger partial charge in [0.25, 0.3) is 0 Å². The molecule has 29 heavy (non-hydrogen) atoms. The molecule has 0 radical (unpaired) electrons. The first kappa shape index (κ1) is 18.8. The smallest absolute Gasteiger partial charge is 0.240 e. The number of piperidine rings is 2. The Morgan fingerprint density at radius 1 is 0.966 bits per heavy atom. The van der Waals surface area contributed by atoms with E-state index in [0.717, 1.165) is 44.8 Å². The number of rotatable bonds is 6. The van der Waals surface area contributed by atoms with Crippen molar-refractivity contribution in [3.05, 3.63) is 65.7 Å². The highest BCUT2D eigenvalue weighted by atomic mass is 16.5. The number of ketones is 1. The maximum Gasteiger partial charge on any atom is 0.240 e. The summed E-state index contributed by atoms with van der Waals surface area (Å²) in [6, 6.07) is 19.0. The Hall–Kier alpha value is -2.17. The second-order valence-corrected chi connectivity index (χ2v) is 9.72. The van der Waals surface area contributed by atoms with E-state index in [0.29, 0.717) is 18.6 Å². The Labute approximate surface area is 173 Å². The van der Waals surface area contributed by atoms with E-state index in [1.54, 1.807) is 9.80 Å². The van der Waals surface area contributed by atoms with E-state index >= 15 is 0 Å². The Morgan fingerprint density at radius 2 is 1.62 bits per heavy atom. The largest absolute Gasteiger partial charge is 0.489 e. The van der Waals surface area contributed by atoms with Crippen molar-refractivity contribution < 1.29 is 19.3 Å². The standard InChI is InChI=1S/C25H30N2O2/c1-3-13-25-17-26-15-24(2,23(25)28)16-27(18-25)22(26)20-9-11-21(12-10-20)29-14-19-7-5-4-6-8-19/h4-12,22H,3,13-18H2,1-2H3/p+2. The molecular formula is C25H32N2O2+2. The van der Waals surface area contributed by atoms with Gasteiger partial charge in [0.1, 0.15) is 36.3 Å². The summed E-state index contributed by atoms with van der Waals surface area (Å²) in [5.74, 6) is 1.48. The highest BCUT2D eigenvalue weighted by Gasteiger charge is 2.69. The zero-order chi connectivity index (χ0) is 20.1. The molecule has 0 aromatic heterocycles. The Balaban J connectivity index is 1.33. The van der Waals surface area contributed by atoms with Gasteiger partial charge in [-0.05, 0) is 43.2 Å². The zero-order valence-corrected chi connectivity index (χ0v) is 17.5. The molecule has 4 aliphatic heterocycles. The maximum atomic E-state index is 13.2. The summed E-state index contributed by atoms with van der Waals surface area (Å²) in [5.41, 5.74) is 2.34. The lowest BCUT2D eigenvalue weighted by molar-refractivity contribution is -1.18. The highest BCUT2D eigenvalue weighted by Crippen LogP contribution is 2.39. The third-order valence-corrected chi connectivity index (χ3v) is 7.40. The molecule has 4 saturated heterocycles. The molecule has 4 fully saturated rings. The van der Waals surface area contributed by atoms with Crippen LogP contribution in [0.4, 0.5) is 0 Å². The van der Waals surface area contributed by atoms with E-state index in [9.17, 15) is 4.79 Å². The number of nitrogens with one attached hydrogen (secondary N) is 2. The van der Waals surface area contributed by atoms with Crippen LogP contribution in [0.5, 0.6) is 5.75 Å². The fraction of sp³-hybridized carbons (Fsp3) is 0.480. The van der Waals surface area contributed by atoms with Crippen molar-refractivity contribution in [1.29, 1.82) is 0 Å². The summed E-state index contributed by atoms with van der Waals surface area (Å²) >= 11 is 0. The Bertz CT molecular complexity index is 877. The van der Waals surface area contributed by atoms with Gasteiger partial charge >= 0.3 is 0 Å². The van der Waals surface area contributed by atoms with Crippen LogP contribution in [-0.2, 0) is 11.4 Å². The Kier molecular flexibility index (Phi) is 4.52. The van der Waals surface area contributed by atoms with Crippen LogP contribution in [0.3, 0.4) is 0 Å². The first-order valence-electron chi connectivity index (χ1n) is 11.0. The molecule has 2 aromatic rings. The molecule has 2 N–H and O–H groups in total. The first-order chi connectivity index (χ1) is 14.0. The van der Waals surface area contributed by atoms with Crippen LogP contribution in [0.15, 0.2) is 54.6 Å². The molecule has 4 nitrogen and oxygen atoms in total. The molecule has 4 aliphatic rings. The first-order valence-corrected chi connectivity index (χ1v) is 11.0. The zero-order valence-electron chi connectivity index (χ0n) is 17.5. The van der Waals surface area contributed by atoms with Crippen molar-refractivity contribution in [2.45, 2.75) is 39.5 Å². The highest BCUT2D eigenvalue weighted by molar-refractivity contribution is 5.91. The average Bonchev–Trinajstić information content (AvgIpc) is 2.71. The van der Waals surface area contributed by atoms with E-state index < -0.39 is 0 Å². The van der Waals surface area contributed by atoms with Crippen LogP contribution in [-0.4, -0.2) is 32.0 Å². The summed E-state index contributed by atoms with van der Waals surface area (Å²) in [4.78, 5) is 16.4. The van der Waals surface area contributed by atoms with E-state index in [1.807, 2.05) is 18.2 Å². The van der Waals surface area contributed by atoms with Gasteiger partial charge in [-0.15, -0.1) is 0 Å². The monoisotopic (exact) mass is 392 g/mol. The van der Waals surface area contributed by atoms with Gasteiger partial charge in [-0.3, -0.25) is 14.6 Å². The SMILES string of the molecule is CCCC12C[NH+]3CC(C)(C[NH+](C1)C3c1ccc(OCc3ccccc3)cc1)C2=O. The predicted octanol–water partition coefficient (Wildman–Crippen LogP) is 1.44. The van der Waals surface area contributed by atoms with Gasteiger partial charge in [0, 0.05) is 0 Å². The fourth-order valence-corrected chi connectivity index (χ4v) is 6.52. The summed E-state index contributed by atoms with van der Waals surface area (Å²) < 4.78 is 5.97. The number of carbonyl (C=O) groups excluding carboxylic acids is 1. The van der Waals surface area contributed by atoms with Gasteiger partial charge < -0.3 is 4.74 Å². The van der Waals surface area contributed by atoms with Crippen LogP contribution in [0.25, 0.3) is 0 Å². The summed E-state index contributed by atoms with van der Waals surface area (Å²) in [5, 5.41) is 0. The molecular weight excluding hydrogens is 360 g/mol. The van der Waals surface area contributed by atoms with Gasteiger partial charge in [-0.2, -0.15) is 0 Å². The van der Waals surface area contributed by atoms with E-state index in [4.69, 9.17) is 4.74 Å². The number of hydrogen-bond donors (Lipinski definition) is 2. The fourth-order valence-electron chi connectivity index (χ4n) is 6.52. The molecule has 0 spiro atoms. The van der Waals surface area contributed by atoms with E-state index in [-0.39, 0.29) is 10.8 Å². The van der Waals surface area contributed by atoms with Crippen molar-refractivity contribution in [1.82, 2.24) is 0 Å². The predicted molar refractivity (Wildman–Crippen MR) is 112 cm³/mol.